The molecule has 0 unspecified atom stereocenters. The second-order valence-electron chi connectivity index (χ2n) is 7.50. The highest BCUT2D eigenvalue weighted by Crippen LogP contribution is 2.37. The fourth-order valence-electron chi connectivity index (χ4n) is 3.67. The lowest BCUT2D eigenvalue weighted by atomic mass is 10.2. The van der Waals surface area contributed by atoms with Gasteiger partial charge in [0.2, 0.25) is 0 Å². The van der Waals surface area contributed by atoms with Crippen molar-refractivity contribution in [3.05, 3.63) is 41.7 Å². The van der Waals surface area contributed by atoms with Crippen molar-refractivity contribution in [3.63, 3.8) is 0 Å². The molecule has 0 bridgehead atoms. The van der Waals surface area contributed by atoms with Gasteiger partial charge < -0.3 is 20.4 Å². The largest absolute Gasteiger partial charge is 0.435 e. The van der Waals surface area contributed by atoms with Gasteiger partial charge in [-0.15, -0.1) is 0 Å². The first-order valence-corrected chi connectivity index (χ1v) is 9.75. The molecule has 0 saturated heterocycles. The van der Waals surface area contributed by atoms with Crippen LogP contribution in [0.3, 0.4) is 0 Å². The summed E-state index contributed by atoms with van der Waals surface area (Å²) in [4.78, 5) is 25.7. The summed E-state index contributed by atoms with van der Waals surface area (Å²) in [5, 5.41) is 3.95. The minimum atomic E-state index is -2.89. The van der Waals surface area contributed by atoms with Crippen LogP contribution in [0.4, 0.5) is 20.3 Å². The zero-order chi connectivity index (χ0) is 22.1. The highest BCUT2D eigenvalue weighted by molar-refractivity contribution is 6.03. The lowest BCUT2D eigenvalue weighted by Gasteiger charge is -2.31. The molecular formula is C20H23F2N7O2. The molecule has 2 aromatic heterocycles. The number of hydrazine groups is 1. The van der Waals surface area contributed by atoms with Crippen LogP contribution in [-0.2, 0) is 6.54 Å². The maximum atomic E-state index is 12.6. The average molecular weight is 431 g/mol. The normalized spacial score (nSPS) is 13.5. The SMILES string of the molecule is CN(C)CCCN1c2ccc(OC(F)F)cc2CN1c1cnc2[nH]cc(C(N)=O)c2n1. The molecular weight excluding hydrogens is 408 g/mol. The van der Waals surface area contributed by atoms with Crippen LogP contribution in [-0.4, -0.2) is 59.6 Å². The minimum Gasteiger partial charge on any atom is -0.435 e. The van der Waals surface area contributed by atoms with Crippen molar-refractivity contribution in [1.29, 1.82) is 0 Å². The Morgan fingerprint density at radius 2 is 2.19 bits per heavy atom. The Balaban J connectivity index is 1.69. The molecule has 3 heterocycles. The van der Waals surface area contributed by atoms with Crippen LogP contribution in [0.5, 0.6) is 5.75 Å². The minimum absolute atomic E-state index is 0.104. The Bertz CT molecular complexity index is 1100. The fourth-order valence-corrected chi connectivity index (χ4v) is 3.67. The number of hydrogen-bond acceptors (Lipinski definition) is 7. The number of halogens is 2. The summed E-state index contributed by atoms with van der Waals surface area (Å²) < 4.78 is 29.9. The molecule has 1 aliphatic rings. The lowest BCUT2D eigenvalue weighted by Crippen LogP contribution is -2.40. The van der Waals surface area contributed by atoms with Crippen molar-refractivity contribution < 1.29 is 18.3 Å². The molecule has 0 spiro atoms. The molecule has 164 valence electrons. The van der Waals surface area contributed by atoms with Crippen LogP contribution in [0.25, 0.3) is 11.2 Å². The molecule has 1 aliphatic heterocycles. The zero-order valence-corrected chi connectivity index (χ0v) is 17.2. The number of rotatable bonds is 8. The van der Waals surface area contributed by atoms with Crippen molar-refractivity contribution in [2.24, 2.45) is 5.73 Å². The van der Waals surface area contributed by atoms with Crippen molar-refractivity contribution in [2.45, 2.75) is 19.6 Å². The lowest BCUT2D eigenvalue weighted by molar-refractivity contribution is -0.0498. The van der Waals surface area contributed by atoms with Gasteiger partial charge in [0.25, 0.3) is 5.91 Å². The number of nitrogens with two attached hydrogens (primary N) is 1. The molecule has 0 radical (unpaired) electrons. The number of hydrogen-bond donors (Lipinski definition) is 2. The summed E-state index contributed by atoms with van der Waals surface area (Å²) in [7, 11) is 4.00. The highest BCUT2D eigenvalue weighted by atomic mass is 19.3. The maximum absolute atomic E-state index is 12.6. The number of anilines is 2. The predicted octanol–water partition coefficient (Wildman–Crippen LogP) is 2.35. The molecule has 0 saturated carbocycles. The predicted molar refractivity (Wildman–Crippen MR) is 112 cm³/mol. The average Bonchev–Trinajstić information content (AvgIpc) is 3.28. The monoisotopic (exact) mass is 431 g/mol. The van der Waals surface area contributed by atoms with Crippen LogP contribution in [0.1, 0.15) is 22.3 Å². The van der Waals surface area contributed by atoms with Gasteiger partial charge in [0, 0.05) is 18.3 Å². The van der Waals surface area contributed by atoms with E-state index in [0.717, 1.165) is 24.2 Å². The molecule has 1 aromatic carbocycles. The maximum Gasteiger partial charge on any atom is 0.387 e. The van der Waals surface area contributed by atoms with Crippen LogP contribution >= 0.6 is 0 Å². The summed E-state index contributed by atoms with van der Waals surface area (Å²) in [6.45, 7) is -0.939. The number of ether oxygens (including phenoxy) is 1. The van der Waals surface area contributed by atoms with Gasteiger partial charge in [-0.1, -0.05) is 0 Å². The molecule has 4 rings (SSSR count). The molecule has 9 nitrogen and oxygen atoms in total. The third kappa shape index (κ3) is 4.22. The topological polar surface area (TPSA) is 104 Å². The Morgan fingerprint density at radius 3 is 2.90 bits per heavy atom. The number of amides is 1. The van der Waals surface area contributed by atoms with Gasteiger partial charge in [-0.3, -0.25) is 14.8 Å². The number of aromatic nitrogens is 3. The molecule has 31 heavy (non-hydrogen) atoms. The first-order valence-electron chi connectivity index (χ1n) is 9.75. The number of primary amides is 1. The van der Waals surface area contributed by atoms with Crippen molar-refractivity contribution in [1.82, 2.24) is 19.9 Å². The molecule has 0 atom stereocenters. The van der Waals surface area contributed by atoms with E-state index < -0.39 is 12.5 Å². The molecule has 3 N–H and O–H groups in total. The van der Waals surface area contributed by atoms with E-state index in [1.54, 1.807) is 18.3 Å². The van der Waals surface area contributed by atoms with Gasteiger partial charge in [-0.05, 0) is 45.3 Å². The number of H-pyrrole nitrogens is 1. The fraction of sp³-hybridized carbons (Fsp3) is 0.350. The van der Waals surface area contributed by atoms with E-state index >= 15 is 0 Å². The number of alkyl halides is 2. The Hall–Kier alpha value is -3.47. The van der Waals surface area contributed by atoms with E-state index in [9.17, 15) is 13.6 Å². The van der Waals surface area contributed by atoms with Crippen molar-refractivity contribution >= 4 is 28.6 Å². The van der Waals surface area contributed by atoms with E-state index in [4.69, 9.17) is 5.73 Å². The quantitative estimate of drug-likeness (QED) is 0.564. The summed E-state index contributed by atoms with van der Waals surface area (Å²) in [6, 6.07) is 4.90. The van der Waals surface area contributed by atoms with Crippen LogP contribution < -0.4 is 20.5 Å². The van der Waals surface area contributed by atoms with Crippen molar-refractivity contribution in [2.75, 3.05) is 37.2 Å². The van der Waals surface area contributed by atoms with Crippen molar-refractivity contribution in [3.8, 4) is 5.75 Å². The van der Waals surface area contributed by atoms with E-state index in [0.29, 0.717) is 30.1 Å². The number of carbonyl (C=O) groups is 1. The van der Waals surface area contributed by atoms with Gasteiger partial charge in [0.15, 0.2) is 11.5 Å². The Labute approximate surface area is 177 Å². The first-order chi connectivity index (χ1) is 14.8. The van der Waals surface area contributed by atoms with E-state index in [2.05, 4.69) is 24.6 Å². The van der Waals surface area contributed by atoms with Crippen LogP contribution in [0.2, 0.25) is 0 Å². The number of fused-ring (bicyclic) bond motifs is 2. The summed E-state index contributed by atoms with van der Waals surface area (Å²) in [6.07, 6.45) is 3.95. The number of carbonyl (C=O) groups excluding carboxylic acids is 1. The number of nitrogens with zero attached hydrogens (tertiary/aromatic N) is 5. The van der Waals surface area contributed by atoms with Gasteiger partial charge >= 0.3 is 6.61 Å². The van der Waals surface area contributed by atoms with Gasteiger partial charge in [0.05, 0.1) is 24.0 Å². The standard InChI is InChI=1S/C20H23F2N7O2/c1-27(2)6-3-7-28-15-5-4-13(31-20(21)22)8-12(15)11-29(28)16-10-25-19-17(26-16)14(9-24-19)18(23)30/h4-5,8-10,20H,3,6-7,11H2,1-2H3,(H2,23,30)(H,24,25). The molecule has 0 fully saturated rings. The molecule has 3 aromatic rings. The summed E-state index contributed by atoms with van der Waals surface area (Å²) >= 11 is 0. The Morgan fingerprint density at radius 1 is 1.39 bits per heavy atom. The number of benzene rings is 1. The number of nitrogens with one attached hydrogen (secondary N) is 1. The zero-order valence-electron chi connectivity index (χ0n) is 17.2. The third-order valence-corrected chi connectivity index (χ3v) is 5.04. The molecule has 1 amide bonds. The molecule has 0 aliphatic carbocycles. The van der Waals surface area contributed by atoms with Crippen LogP contribution in [0, 0.1) is 0 Å². The van der Waals surface area contributed by atoms with E-state index in [1.165, 1.54) is 12.3 Å². The third-order valence-electron chi connectivity index (χ3n) is 5.04. The highest BCUT2D eigenvalue weighted by Gasteiger charge is 2.29. The van der Waals surface area contributed by atoms with Gasteiger partial charge in [-0.25, -0.2) is 9.97 Å². The van der Waals surface area contributed by atoms with Gasteiger partial charge in [-0.2, -0.15) is 8.78 Å². The van der Waals surface area contributed by atoms with Crippen LogP contribution in [0.15, 0.2) is 30.6 Å². The van der Waals surface area contributed by atoms with Gasteiger partial charge in [0.1, 0.15) is 11.3 Å². The smallest absolute Gasteiger partial charge is 0.387 e. The second kappa shape index (κ2) is 8.34. The summed E-state index contributed by atoms with van der Waals surface area (Å²) in [5.74, 6) is 0.0260. The Kier molecular flexibility index (Phi) is 5.59. The summed E-state index contributed by atoms with van der Waals surface area (Å²) in [5.41, 5.74) is 8.25. The first kappa shape index (κ1) is 20.8. The number of aromatic amines is 1. The second-order valence-corrected chi connectivity index (χ2v) is 7.50. The molecule has 11 heteroatoms. The van der Waals surface area contributed by atoms with E-state index in [1.807, 2.05) is 24.1 Å². The van der Waals surface area contributed by atoms with E-state index in [-0.39, 0.29) is 11.3 Å².